The summed E-state index contributed by atoms with van der Waals surface area (Å²) in [6.07, 6.45) is 0. The molecule has 0 spiro atoms. The van der Waals surface area contributed by atoms with Crippen molar-refractivity contribution in [3.63, 3.8) is 0 Å². The van der Waals surface area contributed by atoms with Gasteiger partial charge in [-0.25, -0.2) is 0 Å². The fourth-order valence-electron chi connectivity index (χ4n) is 2.30. The van der Waals surface area contributed by atoms with Crippen molar-refractivity contribution in [1.82, 2.24) is 0 Å². The molecule has 0 saturated heterocycles. The van der Waals surface area contributed by atoms with Crippen molar-refractivity contribution in [3.8, 4) is 0 Å². The summed E-state index contributed by atoms with van der Waals surface area (Å²) in [5.41, 5.74) is 2.89. The second-order valence-electron chi connectivity index (χ2n) is 4.62. The molecule has 88 valence electrons. The van der Waals surface area contributed by atoms with E-state index in [2.05, 4.69) is 62.9 Å². The zero-order chi connectivity index (χ0) is 12.0. The summed E-state index contributed by atoms with van der Waals surface area (Å²) in [6.45, 7) is 9.40. The predicted molar refractivity (Wildman–Crippen MR) is 77.3 cm³/mol. The summed E-state index contributed by atoms with van der Waals surface area (Å²) in [5, 5.41) is 4.24. The topological polar surface area (TPSA) is 0 Å². The summed E-state index contributed by atoms with van der Waals surface area (Å²) in [6, 6.07) is 10.8. The van der Waals surface area contributed by atoms with Gasteiger partial charge in [-0.1, -0.05) is 0 Å². The second kappa shape index (κ2) is 6.29. The first kappa shape index (κ1) is 13.6. The molecule has 0 radical (unpaired) electrons. The molecule has 0 amide bonds. The molecular formula is C15H24Ge. The summed E-state index contributed by atoms with van der Waals surface area (Å²) in [7, 11) is 0. The molecule has 0 fully saturated rings. The molecule has 0 aliphatic heterocycles. The van der Waals surface area contributed by atoms with E-state index in [1.807, 2.05) is 0 Å². The molecule has 1 aromatic rings. The van der Waals surface area contributed by atoms with Crippen molar-refractivity contribution in [2.45, 2.75) is 43.5 Å². The van der Waals surface area contributed by atoms with Gasteiger partial charge in [-0.15, -0.1) is 0 Å². The van der Waals surface area contributed by atoms with Gasteiger partial charge in [0.2, 0.25) is 0 Å². The minimum atomic E-state index is -1.66. The number of benzene rings is 1. The van der Waals surface area contributed by atoms with Crippen LogP contribution in [0.3, 0.4) is 0 Å². The van der Waals surface area contributed by atoms with Crippen LogP contribution in [0, 0.1) is 0 Å². The van der Waals surface area contributed by atoms with Crippen LogP contribution in [0.2, 0.25) is 15.8 Å². The molecule has 16 heavy (non-hydrogen) atoms. The number of hydrogen-bond acceptors (Lipinski definition) is 0. The Morgan fingerprint density at radius 3 is 1.94 bits per heavy atom. The summed E-state index contributed by atoms with van der Waals surface area (Å²) in [5.74, 6) is 0. The first-order valence-electron chi connectivity index (χ1n) is 6.42. The molecule has 1 heteroatoms. The Morgan fingerprint density at radius 2 is 1.50 bits per heavy atom. The van der Waals surface area contributed by atoms with Gasteiger partial charge in [0.1, 0.15) is 0 Å². The van der Waals surface area contributed by atoms with E-state index >= 15 is 0 Å². The van der Waals surface area contributed by atoms with E-state index in [0.29, 0.717) is 0 Å². The van der Waals surface area contributed by atoms with Gasteiger partial charge >= 0.3 is 103 Å². The summed E-state index contributed by atoms with van der Waals surface area (Å²) in [4.78, 5) is 2.66. The van der Waals surface area contributed by atoms with E-state index in [0.717, 1.165) is 0 Å². The Morgan fingerprint density at radius 1 is 1.00 bits per heavy atom. The van der Waals surface area contributed by atoms with E-state index in [-0.39, 0.29) is 0 Å². The number of allylic oxidation sites excluding steroid dienone is 1. The molecule has 0 bridgehead atoms. The maximum absolute atomic E-state index is 2.66. The van der Waals surface area contributed by atoms with Crippen molar-refractivity contribution in [1.29, 1.82) is 0 Å². The Balaban J connectivity index is 2.99. The van der Waals surface area contributed by atoms with Gasteiger partial charge in [-0.05, 0) is 0 Å². The summed E-state index contributed by atoms with van der Waals surface area (Å²) >= 11 is -1.66. The van der Waals surface area contributed by atoms with Crippen LogP contribution in [-0.4, -0.2) is 13.3 Å². The number of rotatable bonds is 5. The maximum atomic E-state index is 2.66. The van der Waals surface area contributed by atoms with Gasteiger partial charge in [0.25, 0.3) is 0 Å². The minimum absolute atomic E-state index is 1.40. The van der Waals surface area contributed by atoms with Crippen LogP contribution >= 0.6 is 0 Å². The molecule has 0 aromatic heterocycles. The second-order valence-corrected chi connectivity index (χ2v) is 15.4. The zero-order valence-electron chi connectivity index (χ0n) is 11.1. The van der Waals surface area contributed by atoms with Gasteiger partial charge in [0.15, 0.2) is 0 Å². The van der Waals surface area contributed by atoms with Crippen LogP contribution in [0.1, 0.15) is 33.3 Å². The van der Waals surface area contributed by atoms with Crippen LogP contribution in [0.5, 0.6) is 0 Å². The molecule has 0 unspecified atom stereocenters. The monoisotopic (exact) mass is 278 g/mol. The van der Waals surface area contributed by atoms with Crippen molar-refractivity contribution in [3.05, 3.63) is 40.8 Å². The van der Waals surface area contributed by atoms with Crippen LogP contribution in [-0.2, 0) is 0 Å². The summed E-state index contributed by atoms with van der Waals surface area (Å²) < 4.78 is 0. The molecule has 0 aliphatic rings. The quantitative estimate of drug-likeness (QED) is 0.654. The molecular weight excluding hydrogens is 253 g/mol. The van der Waals surface area contributed by atoms with Crippen molar-refractivity contribution in [2.24, 2.45) is 0 Å². The average Bonchev–Trinajstić information content (AvgIpc) is 2.37. The standard InChI is InChI=1S/C15H24Ge/c1-5-16(6-2,7-3)13-14(4)15-11-9-8-10-12-15/h8-13H,5-7H2,1-4H3/b14-13-. The molecule has 0 saturated carbocycles. The van der Waals surface area contributed by atoms with E-state index < -0.39 is 13.3 Å². The third-order valence-electron chi connectivity index (χ3n) is 3.86. The van der Waals surface area contributed by atoms with Crippen LogP contribution in [0.15, 0.2) is 35.2 Å². The predicted octanol–water partition coefficient (Wildman–Crippen LogP) is 5.14. The van der Waals surface area contributed by atoms with Gasteiger partial charge in [0.05, 0.1) is 0 Å². The van der Waals surface area contributed by atoms with Gasteiger partial charge in [-0.3, -0.25) is 0 Å². The first-order chi connectivity index (χ1) is 7.67. The van der Waals surface area contributed by atoms with E-state index in [1.54, 1.807) is 0 Å². The van der Waals surface area contributed by atoms with Gasteiger partial charge < -0.3 is 0 Å². The molecule has 1 aromatic carbocycles. The molecule has 0 N–H and O–H groups in total. The zero-order valence-corrected chi connectivity index (χ0v) is 13.2. The third kappa shape index (κ3) is 3.25. The Labute approximate surface area is 103 Å². The molecule has 1 rings (SSSR count). The van der Waals surface area contributed by atoms with E-state index in [9.17, 15) is 0 Å². The normalized spacial score (nSPS) is 12.9. The SMILES string of the molecule is C[CH2][Ge](/[CH]=C(/C)c1ccccc1)([CH2]C)[CH2]C. The average molecular weight is 277 g/mol. The third-order valence-corrected chi connectivity index (χ3v) is 14.9. The van der Waals surface area contributed by atoms with Gasteiger partial charge in [0, 0.05) is 0 Å². The van der Waals surface area contributed by atoms with Crippen molar-refractivity contribution in [2.75, 3.05) is 0 Å². The Bertz CT molecular complexity index is 325. The van der Waals surface area contributed by atoms with Crippen LogP contribution < -0.4 is 0 Å². The Hall–Kier alpha value is -0.497. The van der Waals surface area contributed by atoms with Crippen LogP contribution in [0.4, 0.5) is 0 Å². The molecule has 0 heterocycles. The molecule has 0 atom stereocenters. The van der Waals surface area contributed by atoms with E-state index in [4.69, 9.17) is 0 Å². The van der Waals surface area contributed by atoms with Crippen molar-refractivity contribution >= 4 is 18.8 Å². The first-order valence-corrected chi connectivity index (χ1v) is 12.1. The Kier molecular flexibility index (Phi) is 5.33. The fraction of sp³-hybridized carbons (Fsp3) is 0.467. The number of hydrogen-bond donors (Lipinski definition) is 0. The molecule has 0 nitrogen and oxygen atoms in total. The van der Waals surface area contributed by atoms with Gasteiger partial charge in [-0.2, -0.15) is 0 Å². The molecule has 0 aliphatic carbocycles. The van der Waals surface area contributed by atoms with Crippen LogP contribution in [0.25, 0.3) is 5.57 Å². The van der Waals surface area contributed by atoms with Crippen molar-refractivity contribution < 1.29 is 0 Å². The van der Waals surface area contributed by atoms with E-state index in [1.165, 1.54) is 26.9 Å². The fourth-order valence-corrected chi connectivity index (χ4v) is 9.01.